The standard InChI is InChI=1S/C22H18N2O3/c1-14(25)24-19-11-7-6-10-17(19)22-18(12-16-8-4-3-5-9-16)23-21(13-20(22)24)27-15(2)26/h3-11,13H,12H2,1-2H3. The minimum Gasteiger partial charge on any atom is -0.408 e. The van der Waals surface area contributed by atoms with Gasteiger partial charge in [0, 0.05) is 37.1 Å². The summed E-state index contributed by atoms with van der Waals surface area (Å²) in [6, 6.07) is 19.4. The van der Waals surface area contributed by atoms with Gasteiger partial charge in [0.25, 0.3) is 0 Å². The van der Waals surface area contributed by atoms with Gasteiger partial charge in [-0.2, -0.15) is 0 Å². The zero-order chi connectivity index (χ0) is 19.0. The van der Waals surface area contributed by atoms with Gasteiger partial charge in [-0.1, -0.05) is 48.5 Å². The lowest BCUT2D eigenvalue weighted by molar-refractivity contribution is -0.132. The summed E-state index contributed by atoms with van der Waals surface area (Å²) in [5.74, 6) is -0.351. The number of aromatic nitrogens is 2. The Morgan fingerprint density at radius 3 is 2.37 bits per heavy atom. The van der Waals surface area contributed by atoms with E-state index in [1.165, 1.54) is 13.8 Å². The quantitative estimate of drug-likeness (QED) is 0.510. The van der Waals surface area contributed by atoms with Crippen LogP contribution in [0.2, 0.25) is 0 Å². The van der Waals surface area contributed by atoms with E-state index in [-0.39, 0.29) is 11.8 Å². The van der Waals surface area contributed by atoms with Crippen molar-refractivity contribution in [1.82, 2.24) is 9.55 Å². The monoisotopic (exact) mass is 358 g/mol. The second-order valence-electron chi connectivity index (χ2n) is 6.43. The molecule has 5 nitrogen and oxygen atoms in total. The number of nitrogens with zero attached hydrogens (tertiary/aromatic N) is 2. The van der Waals surface area contributed by atoms with E-state index >= 15 is 0 Å². The maximum Gasteiger partial charge on any atom is 0.309 e. The highest BCUT2D eigenvalue weighted by atomic mass is 16.5. The summed E-state index contributed by atoms with van der Waals surface area (Å²) in [5, 5.41) is 1.86. The van der Waals surface area contributed by atoms with E-state index in [9.17, 15) is 9.59 Å². The number of esters is 1. The fourth-order valence-corrected chi connectivity index (χ4v) is 3.49. The van der Waals surface area contributed by atoms with Crippen molar-refractivity contribution >= 4 is 33.7 Å². The van der Waals surface area contributed by atoms with Gasteiger partial charge in [-0.05, 0) is 11.6 Å². The molecule has 0 saturated heterocycles. The van der Waals surface area contributed by atoms with E-state index in [0.29, 0.717) is 11.9 Å². The zero-order valence-electron chi connectivity index (χ0n) is 15.1. The number of pyridine rings is 1. The fraction of sp³-hybridized carbons (Fsp3) is 0.136. The van der Waals surface area contributed by atoms with Crippen molar-refractivity contribution < 1.29 is 14.3 Å². The van der Waals surface area contributed by atoms with Crippen LogP contribution in [0.25, 0.3) is 21.8 Å². The number of hydrogen-bond acceptors (Lipinski definition) is 4. The van der Waals surface area contributed by atoms with Gasteiger partial charge in [0.2, 0.25) is 11.8 Å². The third kappa shape index (κ3) is 3.08. The highest BCUT2D eigenvalue weighted by Gasteiger charge is 2.19. The second kappa shape index (κ2) is 6.68. The van der Waals surface area contributed by atoms with Gasteiger partial charge in [-0.15, -0.1) is 0 Å². The van der Waals surface area contributed by atoms with Crippen LogP contribution in [-0.4, -0.2) is 21.4 Å². The van der Waals surface area contributed by atoms with Gasteiger partial charge in [0.15, 0.2) is 0 Å². The van der Waals surface area contributed by atoms with E-state index in [4.69, 9.17) is 4.74 Å². The van der Waals surface area contributed by atoms with Crippen LogP contribution in [0.1, 0.15) is 29.9 Å². The van der Waals surface area contributed by atoms with Gasteiger partial charge in [0.05, 0.1) is 16.7 Å². The molecule has 0 atom stereocenters. The third-order valence-corrected chi connectivity index (χ3v) is 4.48. The number of benzene rings is 2. The van der Waals surface area contributed by atoms with Crippen molar-refractivity contribution in [1.29, 1.82) is 0 Å². The molecule has 0 aliphatic heterocycles. The van der Waals surface area contributed by atoms with Crippen molar-refractivity contribution in [2.45, 2.75) is 20.3 Å². The Balaban J connectivity index is 2.06. The van der Waals surface area contributed by atoms with Gasteiger partial charge in [0.1, 0.15) is 0 Å². The first-order valence-corrected chi connectivity index (χ1v) is 8.71. The van der Waals surface area contributed by atoms with Crippen molar-refractivity contribution in [3.05, 3.63) is 71.9 Å². The number of hydrogen-bond donors (Lipinski definition) is 0. The average Bonchev–Trinajstić information content (AvgIpc) is 2.96. The van der Waals surface area contributed by atoms with Gasteiger partial charge in [-0.25, -0.2) is 4.98 Å². The molecule has 0 fully saturated rings. The first kappa shape index (κ1) is 17.0. The van der Waals surface area contributed by atoms with Crippen LogP contribution in [0.15, 0.2) is 60.7 Å². The number of fused-ring (bicyclic) bond motifs is 3. The number of carbonyl (C=O) groups is 2. The van der Waals surface area contributed by atoms with E-state index in [2.05, 4.69) is 4.98 Å². The summed E-state index contributed by atoms with van der Waals surface area (Å²) in [6.45, 7) is 2.86. The summed E-state index contributed by atoms with van der Waals surface area (Å²) < 4.78 is 6.90. The van der Waals surface area contributed by atoms with Crippen LogP contribution in [0.4, 0.5) is 0 Å². The van der Waals surface area contributed by atoms with Crippen LogP contribution in [0, 0.1) is 0 Å². The largest absolute Gasteiger partial charge is 0.408 e. The molecule has 0 N–H and O–H groups in total. The number of ether oxygens (including phenoxy) is 1. The van der Waals surface area contributed by atoms with Crippen molar-refractivity contribution in [3.63, 3.8) is 0 Å². The van der Waals surface area contributed by atoms with Crippen LogP contribution in [-0.2, 0) is 11.2 Å². The molecule has 2 aromatic heterocycles. The molecule has 0 amide bonds. The van der Waals surface area contributed by atoms with E-state index in [0.717, 1.165) is 27.5 Å². The highest BCUT2D eigenvalue weighted by molar-refractivity contribution is 6.14. The molecular formula is C22H18N2O3. The molecule has 2 aromatic carbocycles. The molecule has 4 aromatic rings. The van der Waals surface area contributed by atoms with Crippen molar-refractivity contribution in [2.75, 3.05) is 0 Å². The Bertz CT molecular complexity index is 1180. The minimum absolute atomic E-state index is 0.105. The Morgan fingerprint density at radius 2 is 1.67 bits per heavy atom. The Kier molecular flexibility index (Phi) is 4.20. The number of para-hydroxylation sites is 1. The maximum atomic E-state index is 12.4. The first-order valence-electron chi connectivity index (χ1n) is 8.71. The molecule has 27 heavy (non-hydrogen) atoms. The van der Waals surface area contributed by atoms with Crippen LogP contribution in [0.5, 0.6) is 5.88 Å². The molecule has 0 spiro atoms. The summed E-state index contributed by atoms with van der Waals surface area (Å²) >= 11 is 0. The molecule has 0 unspecified atom stereocenters. The SMILES string of the molecule is CC(=O)Oc1cc2c(c(Cc3ccccc3)n1)c1ccccc1n2C(C)=O. The van der Waals surface area contributed by atoms with E-state index in [1.807, 2.05) is 54.6 Å². The highest BCUT2D eigenvalue weighted by Crippen LogP contribution is 2.34. The minimum atomic E-state index is -0.446. The molecule has 5 heteroatoms. The van der Waals surface area contributed by atoms with Gasteiger partial charge in [-0.3, -0.25) is 14.2 Å². The summed E-state index contributed by atoms with van der Waals surface area (Å²) in [7, 11) is 0. The molecular weight excluding hydrogens is 340 g/mol. The third-order valence-electron chi connectivity index (χ3n) is 4.48. The zero-order valence-corrected chi connectivity index (χ0v) is 15.1. The van der Waals surface area contributed by atoms with Crippen LogP contribution < -0.4 is 4.74 Å². The summed E-state index contributed by atoms with van der Waals surface area (Å²) in [5.41, 5.74) is 3.37. The Labute approximate surface area is 156 Å². The predicted molar refractivity (Wildman–Crippen MR) is 104 cm³/mol. The van der Waals surface area contributed by atoms with E-state index < -0.39 is 5.97 Å². The summed E-state index contributed by atoms with van der Waals surface area (Å²) in [4.78, 5) is 28.4. The van der Waals surface area contributed by atoms with E-state index in [1.54, 1.807) is 10.6 Å². The predicted octanol–water partition coefficient (Wildman–Crippen LogP) is 4.37. The lowest BCUT2D eigenvalue weighted by atomic mass is 10.0. The smallest absolute Gasteiger partial charge is 0.309 e. The van der Waals surface area contributed by atoms with Gasteiger partial charge < -0.3 is 4.74 Å². The first-order chi connectivity index (χ1) is 13.0. The molecule has 134 valence electrons. The molecule has 2 heterocycles. The number of carbonyl (C=O) groups excluding carboxylic acids is 2. The molecule has 0 radical (unpaired) electrons. The lowest BCUT2D eigenvalue weighted by Crippen LogP contribution is -2.08. The molecule has 4 rings (SSSR count). The Morgan fingerprint density at radius 1 is 0.963 bits per heavy atom. The van der Waals surface area contributed by atoms with Gasteiger partial charge >= 0.3 is 5.97 Å². The molecule has 0 saturated carbocycles. The topological polar surface area (TPSA) is 61.2 Å². The lowest BCUT2D eigenvalue weighted by Gasteiger charge is -2.08. The fourth-order valence-electron chi connectivity index (χ4n) is 3.49. The van der Waals surface area contributed by atoms with Crippen molar-refractivity contribution in [3.8, 4) is 5.88 Å². The molecule has 0 bridgehead atoms. The summed E-state index contributed by atoms with van der Waals surface area (Å²) in [6.07, 6.45) is 0.568. The van der Waals surface area contributed by atoms with Crippen LogP contribution in [0.3, 0.4) is 0 Å². The van der Waals surface area contributed by atoms with Crippen LogP contribution >= 0.6 is 0 Å². The number of rotatable bonds is 3. The maximum absolute atomic E-state index is 12.4. The second-order valence-corrected chi connectivity index (χ2v) is 6.43. The van der Waals surface area contributed by atoms with Crippen molar-refractivity contribution in [2.24, 2.45) is 0 Å². The Hall–Kier alpha value is -3.47. The molecule has 0 aliphatic rings. The average molecular weight is 358 g/mol. The molecule has 0 aliphatic carbocycles. The normalized spacial score (nSPS) is 11.0.